The first-order valence-electron chi connectivity index (χ1n) is 4.94. The molecule has 1 atom stereocenters. The summed E-state index contributed by atoms with van der Waals surface area (Å²) in [7, 11) is 2.15. The highest BCUT2D eigenvalue weighted by molar-refractivity contribution is 7.15. The van der Waals surface area contributed by atoms with Crippen molar-refractivity contribution in [1.82, 2.24) is 9.88 Å². The lowest BCUT2D eigenvalue weighted by molar-refractivity contribution is 0.238. The Morgan fingerprint density at radius 2 is 2.36 bits per heavy atom. The highest BCUT2D eigenvalue weighted by Gasteiger charge is 2.09. The minimum Gasteiger partial charge on any atom is -0.299 e. The molecule has 2 nitrogen and oxygen atoms in total. The molecule has 4 heteroatoms. The number of aromatic nitrogens is 1. The summed E-state index contributed by atoms with van der Waals surface area (Å²) < 4.78 is 0.636. The van der Waals surface area contributed by atoms with E-state index in [1.165, 1.54) is 17.7 Å². The van der Waals surface area contributed by atoms with Crippen LogP contribution in [0.15, 0.2) is 6.20 Å². The van der Waals surface area contributed by atoms with Crippen LogP contribution in [0.2, 0.25) is 4.47 Å². The molecule has 0 spiro atoms. The monoisotopic (exact) mass is 232 g/mol. The molecule has 1 unspecified atom stereocenters. The minimum atomic E-state index is 0.626. The van der Waals surface area contributed by atoms with Gasteiger partial charge >= 0.3 is 0 Å². The number of hydrogen-bond acceptors (Lipinski definition) is 3. The quantitative estimate of drug-likeness (QED) is 0.774. The van der Waals surface area contributed by atoms with E-state index in [0.717, 1.165) is 6.54 Å². The van der Waals surface area contributed by atoms with Crippen molar-refractivity contribution in [3.05, 3.63) is 15.5 Å². The van der Waals surface area contributed by atoms with Gasteiger partial charge in [0.25, 0.3) is 0 Å². The highest BCUT2D eigenvalue weighted by atomic mass is 35.5. The van der Waals surface area contributed by atoms with Gasteiger partial charge in [-0.2, -0.15) is 0 Å². The first-order chi connectivity index (χ1) is 6.63. The highest BCUT2D eigenvalue weighted by Crippen LogP contribution is 2.20. The fraction of sp³-hybridized carbons (Fsp3) is 0.700. The van der Waals surface area contributed by atoms with Crippen LogP contribution in [0.3, 0.4) is 0 Å². The predicted octanol–water partition coefficient (Wildman–Crippen LogP) is 3.42. The molecule has 0 fully saturated rings. The Morgan fingerprint density at radius 3 is 2.86 bits per heavy atom. The van der Waals surface area contributed by atoms with Gasteiger partial charge in [0, 0.05) is 23.7 Å². The summed E-state index contributed by atoms with van der Waals surface area (Å²) in [4.78, 5) is 7.61. The van der Waals surface area contributed by atoms with E-state index in [-0.39, 0.29) is 0 Å². The van der Waals surface area contributed by atoms with Gasteiger partial charge in [-0.05, 0) is 20.4 Å². The standard InChI is InChI=1S/C10H17ClN2S/c1-4-5-8(2)13(3)7-9-6-12-10(11)14-9/h6,8H,4-5,7H2,1-3H3. The summed E-state index contributed by atoms with van der Waals surface area (Å²) in [6.07, 6.45) is 4.33. The Hall–Kier alpha value is -0.120. The van der Waals surface area contributed by atoms with Crippen LogP contribution in [0.5, 0.6) is 0 Å². The second kappa shape index (κ2) is 5.69. The van der Waals surface area contributed by atoms with Crippen LogP contribution in [0.1, 0.15) is 31.6 Å². The molecule has 1 rings (SSSR count). The Kier molecular flexibility index (Phi) is 4.85. The molecule has 0 aliphatic carbocycles. The third kappa shape index (κ3) is 3.56. The molecular formula is C10H17ClN2S. The van der Waals surface area contributed by atoms with Crippen molar-refractivity contribution in [1.29, 1.82) is 0 Å². The second-order valence-corrected chi connectivity index (χ2v) is 5.33. The molecule has 0 N–H and O–H groups in total. The van der Waals surface area contributed by atoms with E-state index in [1.54, 1.807) is 11.3 Å². The number of rotatable bonds is 5. The first-order valence-corrected chi connectivity index (χ1v) is 6.13. The molecule has 0 amide bonds. The molecule has 1 aromatic rings. The molecule has 1 heterocycles. The number of hydrogen-bond donors (Lipinski definition) is 0. The maximum atomic E-state index is 5.77. The van der Waals surface area contributed by atoms with Gasteiger partial charge in [-0.3, -0.25) is 4.90 Å². The smallest absolute Gasteiger partial charge is 0.183 e. The van der Waals surface area contributed by atoms with Crippen LogP contribution >= 0.6 is 22.9 Å². The zero-order chi connectivity index (χ0) is 10.6. The molecule has 0 saturated heterocycles. The van der Waals surface area contributed by atoms with Crippen LogP contribution in [0.4, 0.5) is 0 Å². The Balaban J connectivity index is 2.43. The summed E-state index contributed by atoms with van der Waals surface area (Å²) in [5.41, 5.74) is 0. The van der Waals surface area contributed by atoms with Crippen LogP contribution in [-0.2, 0) is 6.54 Å². The lowest BCUT2D eigenvalue weighted by Crippen LogP contribution is -2.27. The zero-order valence-corrected chi connectivity index (χ0v) is 10.5. The van der Waals surface area contributed by atoms with Gasteiger partial charge in [0.2, 0.25) is 0 Å². The molecule has 14 heavy (non-hydrogen) atoms. The lowest BCUT2D eigenvalue weighted by atomic mass is 10.2. The number of nitrogens with zero attached hydrogens (tertiary/aromatic N) is 2. The normalized spacial score (nSPS) is 13.5. The van der Waals surface area contributed by atoms with Crippen LogP contribution in [0, 0.1) is 0 Å². The summed E-state index contributed by atoms with van der Waals surface area (Å²) in [5, 5.41) is 0. The van der Waals surface area contributed by atoms with E-state index in [0.29, 0.717) is 10.5 Å². The number of thiazole rings is 1. The molecule has 0 aromatic carbocycles. The van der Waals surface area contributed by atoms with E-state index in [9.17, 15) is 0 Å². The van der Waals surface area contributed by atoms with Crippen molar-refractivity contribution >= 4 is 22.9 Å². The summed E-state index contributed by atoms with van der Waals surface area (Å²) in [5.74, 6) is 0. The fourth-order valence-electron chi connectivity index (χ4n) is 1.40. The Labute approximate surface area is 94.9 Å². The molecule has 80 valence electrons. The second-order valence-electron chi connectivity index (χ2n) is 3.63. The molecule has 0 aliphatic heterocycles. The van der Waals surface area contributed by atoms with Crippen molar-refractivity contribution in [2.45, 2.75) is 39.3 Å². The van der Waals surface area contributed by atoms with Gasteiger partial charge in [0.15, 0.2) is 4.47 Å². The first kappa shape index (κ1) is 12.0. The van der Waals surface area contributed by atoms with E-state index < -0.39 is 0 Å². The van der Waals surface area contributed by atoms with Gasteiger partial charge in [0.05, 0.1) is 0 Å². The van der Waals surface area contributed by atoms with Crippen molar-refractivity contribution in [3.63, 3.8) is 0 Å². The maximum absolute atomic E-state index is 5.77. The van der Waals surface area contributed by atoms with Gasteiger partial charge in [-0.15, -0.1) is 11.3 Å². The maximum Gasteiger partial charge on any atom is 0.183 e. The van der Waals surface area contributed by atoms with Crippen LogP contribution in [-0.4, -0.2) is 23.0 Å². The average molecular weight is 233 g/mol. The zero-order valence-electron chi connectivity index (χ0n) is 8.96. The Morgan fingerprint density at radius 1 is 1.64 bits per heavy atom. The van der Waals surface area contributed by atoms with Crippen molar-refractivity contribution < 1.29 is 0 Å². The van der Waals surface area contributed by atoms with E-state index in [4.69, 9.17) is 11.6 Å². The fourth-order valence-corrected chi connectivity index (χ4v) is 2.44. The lowest BCUT2D eigenvalue weighted by Gasteiger charge is -2.23. The molecule has 0 saturated carbocycles. The van der Waals surface area contributed by atoms with Gasteiger partial charge in [-0.25, -0.2) is 4.98 Å². The molecule has 0 radical (unpaired) electrons. The van der Waals surface area contributed by atoms with E-state index in [1.807, 2.05) is 6.20 Å². The van der Waals surface area contributed by atoms with Gasteiger partial charge < -0.3 is 0 Å². The Bertz CT molecular complexity index is 275. The van der Waals surface area contributed by atoms with E-state index in [2.05, 4.69) is 30.8 Å². The van der Waals surface area contributed by atoms with Crippen molar-refractivity contribution in [3.8, 4) is 0 Å². The molecule has 0 bridgehead atoms. The molecule has 1 aromatic heterocycles. The van der Waals surface area contributed by atoms with Crippen molar-refractivity contribution in [2.75, 3.05) is 7.05 Å². The third-order valence-electron chi connectivity index (χ3n) is 2.39. The predicted molar refractivity (Wildman–Crippen MR) is 63.0 cm³/mol. The number of halogens is 1. The van der Waals surface area contributed by atoms with Gasteiger partial charge in [-0.1, -0.05) is 24.9 Å². The van der Waals surface area contributed by atoms with Crippen LogP contribution < -0.4 is 0 Å². The van der Waals surface area contributed by atoms with E-state index >= 15 is 0 Å². The average Bonchev–Trinajstić information content (AvgIpc) is 2.51. The minimum absolute atomic E-state index is 0.626. The summed E-state index contributed by atoms with van der Waals surface area (Å²) in [6, 6.07) is 0.626. The topological polar surface area (TPSA) is 16.1 Å². The largest absolute Gasteiger partial charge is 0.299 e. The third-order valence-corrected chi connectivity index (χ3v) is 3.49. The van der Waals surface area contributed by atoms with Crippen LogP contribution in [0.25, 0.3) is 0 Å². The molecular weight excluding hydrogens is 216 g/mol. The molecule has 0 aliphatic rings. The summed E-state index contributed by atoms with van der Waals surface area (Å²) >= 11 is 7.34. The summed E-state index contributed by atoms with van der Waals surface area (Å²) in [6.45, 7) is 5.42. The SMILES string of the molecule is CCCC(C)N(C)Cc1cnc(Cl)s1. The van der Waals surface area contributed by atoms with Crippen molar-refractivity contribution in [2.24, 2.45) is 0 Å². The van der Waals surface area contributed by atoms with Gasteiger partial charge in [0.1, 0.15) is 0 Å².